The highest BCUT2D eigenvalue weighted by atomic mass is 16.2. The van der Waals surface area contributed by atoms with Crippen LogP contribution in [-0.4, -0.2) is 21.4 Å². The largest absolute Gasteiger partial charge is 0.308 e. The normalized spacial score (nSPS) is 12.8. The number of rotatable bonds is 4. The number of anilines is 1. The van der Waals surface area contributed by atoms with Crippen LogP contribution in [0.5, 0.6) is 0 Å². The van der Waals surface area contributed by atoms with Crippen molar-refractivity contribution in [2.24, 2.45) is 0 Å². The molecule has 0 aliphatic carbocycles. The Bertz CT molecular complexity index is 2180. The van der Waals surface area contributed by atoms with Crippen molar-refractivity contribution in [2.45, 2.75) is 0 Å². The number of nitrogens with zero attached hydrogens (tertiary/aromatic N) is 3. The quantitative estimate of drug-likeness (QED) is 0.211. The molecule has 0 radical (unpaired) electrons. The molecule has 5 nitrogen and oxygen atoms in total. The number of carbonyl (C=O) groups is 2. The Morgan fingerprint density at radius 2 is 1.21 bits per heavy atom. The topological polar surface area (TPSA) is 55.2 Å². The highest BCUT2D eigenvalue weighted by molar-refractivity contribution is 6.36. The van der Waals surface area contributed by atoms with Gasteiger partial charge in [0.15, 0.2) is 0 Å². The molecule has 0 atom stereocenters. The molecule has 0 fully saturated rings. The zero-order valence-corrected chi connectivity index (χ0v) is 22.4. The third-order valence-electron chi connectivity index (χ3n) is 8.00. The molecule has 0 saturated heterocycles. The highest BCUT2D eigenvalue weighted by Crippen LogP contribution is 2.40. The zero-order valence-electron chi connectivity index (χ0n) is 22.4. The SMILES string of the molecule is O=C1c2cccc(-n3c4ccccc4c4ccc(-c5ccccn5)cc43)c2C(=O)N1c1ccccc1-c1ccccc1. The van der Waals surface area contributed by atoms with E-state index in [1.54, 1.807) is 12.3 Å². The molecular formula is C37H23N3O2. The maximum Gasteiger partial charge on any atom is 0.268 e. The lowest BCUT2D eigenvalue weighted by Crippen LogP contribution is -2.30. The summed E-state index contributed by atoms with van der Waals surface area (Å²) in [4.78, 5) is 34.2. The van der Waals surface area contributed by atoms with Gasteiger partial charge >= 0.3 is 0 Å². The van der Waals surface area contributed by atoms with E-state index in [1.807, 2.05) is 97.1 Å². The van der Waals surface area contributed by atoms with E-state index in [2.05, 4.69) is 39.9 Å². The second kappa shape index (κ2) is 9.39. The minimum Gasteiger partial charge on any atom is -0.308 e. The molecule has 0 unspecified atom stereocenters. The monoisotopic (exact) mass is 541 g/mol. The summed E-state index contributed by atoms with van der Waals surface area (Å²) in [6, 6.07) is 43.2. The number of hydrogen-bond acceptors (Lipinski definition) is 3. The molecule has 7 aromatic rings. The fourth-order valence-electron chi connectivity index (χ4n) is 6.13. The van der Waals surface area contributed by atoms with Gasteiger partial charge < -0.3 is 4.57 Å². The number of benzene rings is 5. The summed E-state index contributed by atoms with van der Waals surface area (Å²) in [5.41, 5.74) is 7.54. The summed E-state index contributed by atoms with van der Waals surface area (Å²) in [7, 11) is 0. The molecule has 8 rings (SSSR count). The molecule has 0 bridgehead atoms. The Labute approximate surface area is 241 Å². The van der Waals surface area contributed by atoms with Crippen molar-refractivity contribution >= 4 is 39.3 Å². The third kappa shape index (κ3) is 3.54. The average Bonchev–Trinajstić information content (AvgIpc) is 3.52. The van der Waals surface area contributed by atoms with Gasteiger partial charge in [0.25, 0.3) is 11.8 Å². The van der Waals surface area contributed by atoms with Gasteiger partial charge in [-0.25, -0.2) is 4.90 Å². The summed E-state index contributed by atoms with van der Waals surface area (Å²) in [6.45, 7) is 0. The van der Waals surface area contributed by atoms with E-state index in [4.69, 9.17) is 0 Å². The number of aromatic nitrogens is 2. The molecule has 2 amide bonds. The van der Waals surface area contributed by atoms with Crippen LogP contribution in [0.25, 0.3) is 49.9 Å². The summed E-state index contributed by atoms with van der Waals surface area (Å²) < 4.78 is 2.10. The van der Waals surface area contributed by atoms with Crippen molar-refractivity contribution in [2.75, 3.05) is 4.90 Å². The number of fused-ring (bicyclic) bond motifs is 4. The first-order valence-electron chi connectivity index (χ1n) is 13.8. The lowest BCUT2D eigenvalue weighted by atomic mass is 10.0. The van der Waals surface area contributed by atoms with Crippen LogP contribution >= 0.6 is 0 Å². The number of imide groups is 1. The van der Waals surface area contributed by atoms with Crippen molar-refractivity contribution in [1.29, 1.82) is 0 Å². The van der Waals surface area contributed by atoms with E-state index in [0.717, 1.165) is 44.2 Å². The molecule has 1 aliphatic rings. The van der Waals surface area contributed by atoms with Crippen LogP contribution < -0.4 is 4.90 Å². The van der Waals surface area contributed by atoms with E-state index in [0.29, 0.717) is 22.5 Å². The fourth-order valence-corrected chi connectivity index (χ4v) is 6.13. The van der Waals surface area contributed by atoms with Crippen LogP contribution in [-0.2, 0) is 0 Å². The second-order valence-electron chi connectivity index (χ2n) is 10.3. The number of pyridine rings is 1. The fraction of sp³-hybridized carbons (Fsp3) is 0. The van der Waals surface area contributed by atoms with Crippen molar-refractivity contribution in [1.82, 2.24) is 9.55 Å². The van der Waals surface area contributed by atoms with Crippen LogP contribution in [0.15, 0.2) is 140 Å². The number of hydrogen-bond donors (Lipinski definition) is 0. The van der Waals surface area contributed by atoms with Gasteiger partial charge in [0.2, 0.25) is 0 Å². The first kappa shape index (κ1) is 24.0. The molecule has 0 spiro atoms. The Balaban J connectivity index is 1.36. The number of amides is 2. The molecule has 1 aliphatic heterocycles. The minimum absolute atomic E-state index is 0.324. The second-order valence-corrected chi connectivity index (χ2v) is 10.3. The van der Waals surface area contributed by atoms with Crippen LogP contribution in [0.1, 0.15) is 20.7 Å². The van der Waals surface area contributed by atoms with E-state index in [1.165, 1.54) is 4.90 Å². The third-order valence-corrected chi connectivity index (χ3v) is 8.00. The van der Waals surface area contributed by atoms with Crippen molar-refractivity contribution < 1.29 is 9.59 Å². The Morgan fingerprint density at radius 1 is 0.500 bits per heavy atom. The average molecular weight is 542 g/mol. The van der Waals surface area contributed by atoms with Gasteiger partial charge in [0.1, 0.15) is 0 Å². The highest BCUT2D eigenvalue weighted by Gasteiger charge is 2.40. The van der Waals surface area contributed by atoms with E-state index in [9.17, 15) is 9.59 Å². The van der Waals surface area contributed by atoms with Crippen LogP contribution in [0.2, 0.25) is 0 Å². The lowest BCUT2D eigenvalue weighted by Gasteiger charge is -2.18. The van der Waals surface area contributed by atoms with E-state index >= 15 is 0 Å². The van der Waals surface area contributed by atoms with Gasteiger partial charge in [0, 0.05) is 28.1 Å². The maximum atomic E-state index is 14.3. The molecule has 198 valence electrons. The van der Waals surface area contributed by atoms with Gasteiger partial charge in [-0.15, -0.1) is 0 Å². The molecule has 5 heteroatoms. The standard InChI is InChI=1S/C37H23N3O2/c41-36-29-15-10-19-33(35(29)37(42)40(36)31-17-6-4-13-26(31)24-11-2-1-3-12-24)39-32-18-7-5-14-27(32)28-21-20-25(23-34(28)39)30-16-8-9-22-38-30/h1-23H. The maximum absolute atomic E-state index is 14.3. The molecule has 3 heterocycles. The smallest absolute Gasteiger partial charge is 0.268 e. The van der Waals surface area contributed by atoms with Gasteiger partial charge in [-0.05, 0) is 48.0 Å². The van der Waals surface area contributed by atoms with E-state index in [-0.39, 0.29) is 11.8 Å². The Morgan fingerprint density at radius 3 is 2.07 bits per heavy atom. The van der Waals surface area contributed by atoms with Crippen molar-refractivity contribution in [3.8, 4) is 28.1 Å². The summed E-state index contributed by atoms with van der Waals surface area (Å²) in [5.74, 6) is -0.657. The molecular weight excluding hydrogens is 518 g/mol. The van der Waals surface area contributed by atoms with E-state index < -0.39 is 0 Å². The first-order chi connectivity index (χ1) is 20.7. The number of carbonyl (C=O) groups excluding carboxylic acids is 2. The minimum atomic E-state index is -0.333. The Kier molecular flexibility index (Phi) is 5.37. The Hall–Kier alpha value is -5.81. The van der Waals surface area contributed by atoms with Crippen molar-refractivity contribution in [3.05, 3.63) is 151 Å². The van der Waals surface area contributed by atoms with Crippen LogP contribution in [0.4, 0.5) is 5.69 Å². The lowest BCUT2D eigenvalue weighted by molar-refractivity contribution is 0.0926. The first-order valence-corrected chi connectivity index (χ1v) is 13.8. The predicted octanol–water partition coefficient (Wildman–Crippen LogP) is 8.31. The molecule has 2 aromatic heterocycles. The number of para-hydroxylation sites is 2. The van der Waals surface area contributed by atoms with Gasteiger partial charge in [0.05, 0.1) is 39.2 Å². The summed E-state index contributed by atoms with van der Waals surface area (Å²) in [5, 5.41) is 2.13. The molecule has 0 saturated carbocycles. The molecule has 42 heavy (non-hydrogen) atoms. The van der Waals surface area contributed by atoms with Gasteiger partial charge in [-0.2, -0.15) is 0 Å². The van der Waals surface area contributed by atoms with Gasteiger partial charge in [-0.3, -0.25) is 14.6 Å². The van der Waals surface area contributed by atoms with Crippen LogP contribution in [0, 0.1) is 0 Å². The zero-order chi connectivity index (χ0) is 28.2. The van der Waals surface area contributed by atoms with Crippen LogP contribution in [0.3, 0.4) is 0 Å². The van der Waals surface area contributed by atoms with Crippen molar-refractivity contribution in [3.63, 3.8) is 0 Å². The predicted molar refractivity (Wildman–Crippen MR) is 167 cm³/mol. The van der Waals surface area contributed by atoms with Gasteiger partial charge in [-0.1, -0.05) is 91.0 Å². The molecule has 0 N–H and O–H groups in total. The summed E-state index contributed by atoms with van der Waals surface area (Å²) in [6.07, 6.45) is 1.78. The molecule has 5 aromatic carbocycles. The summed E-state index contributed by atoms with van der Waals surface area (Å²) >= 11 is 0.